The minimum Gasteiger partial charge on any atom is -0.399 e. The van der Waals surface area contributed by atoms with Crippen molar-refractivity contribution in [3.05, 3.63) is 41.5 Å². The SMILES string of the molecule is CCn1ncnc1CC(=O)c1ccc(N)c(C)c1. The van der Waals surface area contributed by atoms with Crippen LogP contribution in [0.2, 0.25) is 0 Å². The second-order valence-electron chi connectivity index (χ2n) is 4.16. The molecule has 0 saturated heterocycles. The predicted octanol–water partition coefficient (Wildman–Crippen LogP) is 1.61. The zero-order chi connectivity index (χ0) is 13.1. The van der Waals surface area contributed by atoms with Gasteiger partial charge in [0.2, 0.25) is 0 Å². The van der Waals surface area contributed by atoms with Crippen LogP contribution in [0, 0.1) is 6.92 Å². The second-order valence-corrected chi connectivity index (χ2v) is 4.16. The van der Waals surface area contributed by atoms with Crippen LogP contribution in [0.5, 0.6) is 0 Å². The summed E-state index contributed by atoms with van der Waals surface area (Å²) in [5.41, 5.74) is 8.00. The Morgan fingerprint density at radius 1 is 1.44 bits per heavy atom. The molecule has 5 nitrogen and oxygen atoms in total. The number of nitrogens with zero attached hydrogens (tertiary/aromatic N) is 3. The highest BCUT2D eigenvalue weighted by Crippen LogP contribution is 2.14. The van der Waals surface area contributed by atoms with Crippen molar-refractivity contribution in [3.63, 3.8) is 0 Å². The van der Waals surface area contributed by atoms with Gasteiger partial charge in [-0.3, -0.25) is 4.79 Å². The lowest BCUT2D eigenvalue weighted by Gasteiger charge is -2.05. The first kappa shape index (κ1) is 12.3. The van der Waals surface area contributed by atoms with Crippen LogP contribution in [-0.2, 0) is 13.0 Å². The summed E-state index contributed by atoms with van der Waals surface area (Å²) in [5, 5.41) is 4.05. The summed E-state index contributed by atoms with van der Waals surface area (Å²) in [6.45, 7) is 4.57. The molecule has 0 spiro atoms. The number of hydrogen-bond donors (Lipinski definition) is 1. The Labute approximate surface area is 106 Å². The first-order valence-corrected chi connectivity index (χ1v) is 5.87. The average Bonchev–Trinajstić information content (AvgIpc) is 2.79. The van der Waals surface area contributed by atoms with Crippen molar-refractivity contribution >= 4 is 11.5 Å². The third-order valence-corrected chi connectivity index (χ3v) is 2.91. The van der Waals surface area contributed by atoms with Gasteiger partial charge in [0, 0.05) is 17.8 Å². The van der Waals surface area contributed by atoms with Crippen LogP contribution in [0.25, 0.3) is 0 Å². The third-order valence-electron chi connectivity index (χ3n) is 2.91. The van der Waals surface area contributed by atoms with E-state index in [1.165, 1.54) is 6.33 Å². The number of benzene rings is 1. The molecule has 2 rings (SSSR count). The van der Waals surface area contributed by atoms with E-state index in [0.717, 1.165) is 5.56 Å². The van der Waals surface area contributed by atoms with E-state index < -0.39 is 0 Å². The van der Waals surface area contributed by atoms with E-state index in [4.69, 9.17) is 5.73 Å². The fraction of sp³-hybridized carbons (Fsp3) is 0.308. The second kappa shape index (κ2) is 5.00. The van der Waals surface area contributed by atoms with E-state index in [0.29, 0.717) is 23.6 Å². The van der Waals surface area contributed by atoms with Crippen LogP contribution < -0.4 is 5.73 Å². The van der Waals surface area contributed by atoms with E-state index in [-0.39, 0.29) is 12.2 Å². The van der Waals surface area contributed by atoms with Crippen LogP contribution in [0.4, 0.5) is 5.69 Å². The van der Waals surface area contributed by atoms with E-state index in [1.54, 1.807) is 16.8 Å². The molecule has 0 saturated carbocycles. The van der Waals surface area contributed by atoms with Crippen LogP contribution in [0.15, 0.2) is 24.5 Å². The van der Waals surface area contributed by atoms with Crippen LogP contribution in [0.1, 0.15) is 28.7 Å². The van der Waals surface area contributed by atoms with Gasteiger partial charge in [-0.25, -0.2) is 9.67 Å². The molecule has 0 amide bonds. The van der Waals surface area contributed by atoms with Gasteiger partial charge in [0.1, 0.15) is 12.2 Å². The lowest BCUT2D eigenvalue weighted by atomic mass is 10.0. The highest BCUT2D eigenvalue weighted by molar-refractivity contribution is 5.97. The number of carbonyl (C=O) groups is 1. The molecule has 0 radical (unpaired) electrons. The van der Waals surface area contributed by atoms with Gasteiger partial charge in [0.05, 0.1) is 6.42 Å². The van der Waals surface area contributed by atoms with E-state index in [2.05, 4.69) is 10.1 Å². The molecule has 0 fully saturated rings. The predicted molar refractivity (Wildman–Crippen MR) is 69.3 cm³/mol. The van der Waals surface area contributed by atoms with Crippen molar-refractivity contribution in [2.45, 2.75) is 26.8 Å². The van der Waals surface area contributed by atoms with Crippen LogP contribution in [0.3, 0.4) is 0 Å². The zero-order valence-electron chi connectivity index (χ0n) is 10.6. The number of nitrogen functional groups attached to an aromatic ring is 1. The Morgan fingerprint density at radius 2 is 2.22 bits per heavy atom. The fourth-order valence-electron chi connectivity index (χ4n) is 1.78. The van der Waals surface area contributed by atoms with E-state index in [9.17, 15) is 4.79 Å². The molecular formula is C13H16N4O. The number of ketones is 1. The van der Waals surface area contributed by atoms with Gasteiger partial charge < -0.3 is 5.73 Å². The Bertz CT molecular complexity index is 574. The molecule has 0 aliphatic heterocycles. The minimum atomic E-state index is 0.0285. The molecule has 0 unspecified atom stereocenters. The lowest BCUT2D eigenvalue weighted by molar-refractivity contribution is 0.0989. The van der Waals surface area contributed by atoms with Gasteiger partial charge >= 0.3 is 0 Å². The van der Waals surface area contributed by atoms with Crippen molar-refractivity contribution in [2.75, 3.05) is 5.73 Å². The maximum absolute atomic E-state index is 12.1. The van der Waals surface area contributed by atoms with E-state index in [1.807, 2.05) is 19.9 Å². The monoisotopic (exact) mass is 244 g/mol. The molecule has 0 aliphatic carbocycles. The molecule has 1 heterocycles. The molecule has 0 bridgehead atoms. The van der Waals surface area contributed by atoms with E-state index >= 15 is 0 Å². The van der Waals surface area contributed by atoms with Gasteiger partial charge in [-0.05, 0) is 37.6 Å². The smallest absolute Gasteiger partial charge is 0.170 e. The molecular weight excluding hydrogens is 228 g/mol. The molecule has 1 aromatic carbocycles. The molecule has 18 heavy (non-hydrogen) atoms. The molecule has 2 N–H and O–H groups in total. The van der Waals surface area contributed by atoms with Gasteiger partial charge in [-0.1, -0.05) is 0 Å². The number of Topliss-reactive ketones (excluding diaryl/α,β-unsaturated/α-hetero) is 1. The molecule has 1 aromatic heterocycles. The fourth-order valence-corrected chi connectivity index (χ4v) is 1.78. The van der Waals surface area contributed by atoms with Gasteiger partial charge in [0.25, 0.3) is 0 Å². The number of anilines is 1. The number of aromatic nitrogens is 3. The van der Waals surface area contributed by atoms with Crippen LogP contribution in [-0.4, -0.2) is 20.5 Å². The Morgan fingerprint density at radius 3 is 2.89 bits per heavy atom. The van der Waals surface area contributed by atoms with Crippen molar-refractivity contribution in [3.8, 4) is 0 Å². The van der Waals surface area contributed by atoms with Crippen molar-refractivity contribution < 1.29 is 4.79 Å². The first-order valence-electron chi connectivity index (χ1n) is 5.87. The van der Waals surface area contributed by atoms with Gasteiger partial charge in [-0.15, -0.1) is 0 Å². The summed E-state index contributed by atoms with van der Waals surface area (Å²) >= 11 is 0. The standard InChI is InChI=1S/C13H16N4O/c1-3-17-13(15-8-16-17)7-12(18)10-4-5-11(14)9(2)6-10/h4-6,8H,3,7,14H2,1-2H3. The summed E-state index contributed by atoms with van der Waals surface area (Å²) in [7, 11) is 0. The molecule has 0 atom stereocenters. The Balaban J connectivity index is 2.19. The number of rotatable bonds is 4. The number of hydrogen-bond acceptors (Lipinski definition) is 4. The maximum Gasteiger partial charge on any atom is 0.170 e. The highest BCUT2D eigenvalue weighted by atomic mass is 16.1. The van der Waals surface area contributed by atoms with Gasteiger partial charge in [-0.2, -0.15) is 5.10 Å². The summed E-state index contributed by atoms with van der Waals surface area (Å²) in [4.78, 5) is 16.2. The van der Waals surface area contributed by atoms with Crippen molar-refractivity contribution in [1.29, 1.82) is 0 Å². The molecule has 2 aromatic rings. The number of carbonyl (C=O) groups excluding carboxylic acids is 1. The van der Waals surface area contributed by atoms with Crippen LogP contribution >= 0.6 is 0 Å². The Kier molecular flexibility index (Phi) is 3.41. The molecule has 0 aliphatic rings. The Hall–Kier alpha value is -2.17. The largest absolute Gasteiger partial charge is 0.399 e. The summed E-state index contributed by atoms with van der Waals surface area (Å²) < 4.78 is 1.72. The first-order chi connectivity index (χ1) is 8.61. The zero-order valence-corrected chi connectivity index (χ0v) is 10.6. The molecule has 5 heteroatoms. The van der Waals surface area contributed by atoms with Crippen molar-refractivity contribution in [2.24, 2.45) is 0 Å². The summed E-state index contributed by atoms with van der Waals surface area (Å²) in [6.07, 6.45) is 1.73. The normalized spacial score (nSPS) is 10.6. The number of nitrogens with two attached hydrogens (primary N) is 1. The third kappa shape index (κ3) is 2.40. The lowest BCUT2D eigenvalue weighted by Crippen LogP contribution is -2.11. The van der Waals surface area contributed by atoms with Gasteiger partial charge in [0.15, 0.2) is 5.78 Å². The summed E-state index contributed by atoms with van der Waals surface area (Å²) in [6, 6.07) is 5.31. The quantitative estimate of drug-likeness (QED) is 0.655. The highest BCUT2D eigenvalue weighted by Gasteiger charge is 2.12. The minimum absolute atomic E-state index is 0.0285. The molecule has 94 valence electrons. The topological polar surface area (TPSA) is 73.8 Å². The summed E-state index contributed by atoms with van der Waals surface area (Å²) in [5.74, 6) is 0.720. The number of aryl methyl sites for hydroxylation is 2. The van der Waals surface area contributed by atoms with Crippen molar-refractivity contribution in [1.82, 2.24) is 14.8 Å². The maximum atomic E-state index is 12.1. The average molecular weight is 244 g/mol.